The molecule has 0 spiro atoms. The Morgan fingerprint density at radius 1 is 0.739 bits per heavy atom. The van der Waals surface area contributed by atoms with Crippen molar-refractivity contribution >= 4 is 10.8 Å². The summed E-state index contributed by atoms with van der Waals surface area (Å²) in [7, 11) is 1.64. The van der Waals surface area contributed by atoms with Crippen molar-refractivity contribution in [2.75, 3.05) is 7.11 Å². The van der Waals surface area contributed by atoms with Gasteiger partial charge in [0.25, 0.3) is 0 Å². The van der Waals surface area contributed by atoms with Crippen LogP contribution in [0.2, 0.25) is 0 Å². The summed E-state index contributed by atoms with van der Waals surface area (Å²) in [6.07, 6.45) is 0. The average Bonchev–Trinajstić information content (AvgIpc) is 3.11. The molecule has 23 heavy (non-hydrogen) atoms. The number of methoxy groups -OCH3 is 1. The Bertz CT molecular complexity index is 958. The largest absolute Gasteiger partial charge is 0.497 e. The van der Waals surface area contributed by atoms with Crippen LogP contribution in [0, 0.1) is 0 Å². The number of hydrogen-bond donors (Lipinski definition) is 0. The van der Waals surface area contributed by atoms with Gasteiger partial charge in [0.1, 0.15) is 5.75 Å². The Morgan fingerprint density at radius 3 is 2.13 bits per heavy atom. The third-order valence-corrected chi connectivity index (χ3v) is 3.76. The van der Waals surface area contributed by atoms with Gasteiger partial charge in [-0.3, -0.25) is 0 Å². The molecule has 0 aliphatic rings. The molecule has 4 heteroatoms. The first-order chi connectivity index (χ1) is 11.3. The maximum absolute atomic E-state index is 5.82. The van der Waals surface area contributed by atoms with E-state index in [9.17, 15) is 0 Å². The van der Waals surface area contributed by atoms with Crippen LogP contribution >= 0.6 is 0 Å². The van der Waals surface area contributed by atoms with Gasteiger partial charge in [-0.15, -0.1) is 10.2 Å². The lowest BCUT2D eigenvalue weighted by atomic mass is 10.1. The minimum Gasteiger partial charge on any atom is -0.497 e. The minimum absolute atomic E-state index is 0.496. The molecule has 4 nitrogen and oxygen atoms in total. The summed E-state index contributed by atoms with van der Waals surface area (Å²) in [4.78, 5) is 0. The Labute approximate surface area is 133 Å². The van der Waals surface area contributed by atoms with Crippen LogP contribution in [-0.4, -0.2) is 17.3 Å². The molecule has 0 aliphatic carbocycles. The lowest BCUT2D eigenvalue weighted by Gasteiger charge is -2.00. The van der Waals surface area contributed by atoms with Gasteiger partial charge in [0.05, 0.1) is 7.11 Å². The van der Waals surface area contributed by atoms with Crippen LogP contribution in [0.3, 0.4) is 0 Å². The first-order valence-corrected chi connectivity index (χ1v) is 7.30. The summed E-state index contributed by atoms with van der Waals surface area (Å²) in [5.74, 6) is 1.81. The van der Waals surface area contributed by atoms with Crippen LogP contribution in [0.5, 0.6) is 5.75 Å². The number of nitrogens with zero attached hydrogens (tertiary/aromatic N) is 2. The predicted octanol–water partition coefficient (Wildman–Crippen LogP) is 4.57. The number of aromatic nitrogens is 2. The SMILES string of the molecule is COc1ccc(-c2nnc(-c3ccc4ccccc4c3)o2)cc1. The van der Waals surface area contributed by atoms with E-state index >= 15 is 0 Å². The van der Waals surface area contributed by atoms with E-state index in [1.54, 1.807) is 7.11 Å². The highest BCUT2D eigenvalue weighted by Crippen LogP contribution is 2.27. The van der Waals surface area contributed by atoms with Gasteiger partial charge in [-0.05, 0) is 47.2 Å². The normalized spacial score (nSPS) is 10.8. The molecule has 1 aromatic heterocycles. The van der Waals surface area contributed by atoms with Crippen LogP contribution in [-0.2, 0) is 0 Å². The van der Waals surface area contributed by atoms with Crippen molar-refractivity contribution in [3.63, 3.8) is 0 Å². The predicted molar refractivity (Wildman–Crippen MR) is 89.2 cm³/mol. The third kappa shape index (κ3) is 2.55. The molecule has 4 aromatic rings. The van der Waals surface area contributed by atoms with Crippen LogP contribution in [0.1, 0.15) is 0 Å². The van der Waals surface area contributed by atoms with Gasteiger partial charge < -0.3 is 9.15 Å². The Morgan fingerprint density at radius 2 is 1.39 bits per heavy atom. The summed E-state index contributed by atoms with van der Waals surface area (Å²) in [5, 5.41) is 10.6. The van der Waals surface area contributed by atoms with E-state index in [0.717, 1.165) is 22.3 Å². The van der Waals surface area contributed by atoms with E-state index in [2.05, 4.69) is 34.5 Å². The fraction of sp³-hybridized carbons (Fsp3) is 0.0526. The summed E-state index contributed by atoms with van der Waals surface area (Å²) < 4.78 is 11.0. The monoisotopic (exact) mass is 302 g/mol. The van der Waals surface area contributed by atoms with E-state index in [0.29, 0.717) is 11.8 Å². The molecule has 0 atom stereocenters. The zero-order valence-corrected chi connectivity index (χ0v) is 12.6. The summed E-state index contributed by atoms with van der Waals surface area (Å²) in [6, 6.07) is 21.8. The Balaban J connectivity index is 1.70. The molecule has 0 amide bonds. The zero-order valence-electron chi connectivity index (χ0n) is 12.6. The van der Waals surface area contributed by atoms with Gasteiger partial charge in [0.15, 0.2) is 0 Å². The standard InChI is InChI=1S/C19H14N2O2/c1-22-17-10-8-14(9-11-17)18-20-21-19(23-18)16-7-6-13-4-2-3-5-15(13)12-16/h2-12H,1H3. The topological polar surface area (TPSA) is 48.2 Å². The van der Waals surface area contributed by atoms with Gasteiger partial charge in [-0.25, -0.2) is 0 Å². The van der Waals surface area contributed by atoms with Crippen molar-refractivity contribution in [1.82, 2.24) is 10.2 Å². The zero-order chi connectivity index (χ0) is 15.6. The van der Waals surface area contributed by atoms with Gasteiger partial charge in [-0.2, -0.15) is 0 Å². The van der Waals surface area contributed by atoms with Crippen molar-refractivity contribution in [1.29, 1.82) is 0 Å². The smallest absolute Gasteiger partial charge is 0.248 e. The molecule has 0 bridgehead atoms. The molecule has 3 aromatic carbocycles. The van der Waals surface area contributed by atoms with Crippen LogP contribution in [0.25, 0.3) is 33.7 Å². The quantitative estimate of drug-likeness (QED) is 0.556. The molecule has 1 heterocycles. The number of benzene rings is 3. The molecule has 0 radical (unpaired) electrons. The first-order valence-electron chi connectivity index (χ1n) is 7.30. The third-order valence-electron chi connectivity index (χ3n) is 3.76. The van der Waals surface area contributed by atoms with E-state index in [1.165, 1.54) is 5.39 Å². The Kier molecular flexibility index (Phi) is 3.27. The molecular formula is C19H14N2O2. The van der Waals surface area contributed by atoms with E-state index in [1.807, 2.05) is 42.5 Å². The molecule has 4 rings (SSSR count). The van der Waals surface area contributed by atoms with Gasteiger partial charge >= 0.3 is 0 Å². The number of hydrogen-bond acceptors (Lipinski definition) is 4. The van der Waals surface area contributed by atoms with Gasteiger partial charge in [0, 0.05) is 11.1 Å². The van der Waals surface area contributed by atoms with Crippen molar-refractivity contribution in [3.8, 4) is 28.7 Å². The lowest BCUT2D eigenvalue weighted by molar-refractivity contribution is 0.415. The average molecular weight is 302 g/mol. The second-order valence-corrected chi connectivity index (χ2v) is 5.20. The minimum atomic E-state index is 0.496. The number of ether oxygens (including phenoxy) is 1. The molecule has 0 unspecified atom stereocenters. The van der Waals surface area contributed by atoms with E-state index < -0.39 is 0 Å². The van der Waals surface area contributed by atoms with E-state index in [4.69, 9.17) is 9.15 Å². The highest BCUT2D eigenvalue weighted by Gasteiger charge is 2.11. The first kappa shape index (κ1) is 13.5. The molecule has 0 fully saturated rings. The summed E-state index contributed by atoms with van der Waals surface area (Å²) in [5.41, 5.74) is 1.78. The maximum Gasteiger partial charge on any atom is 0.248 e. The van der Waals surface area contributed by atoms with Crippen molar-refractivity contribution < 1.29 is 9.15 Å². The molecule has 0 saturated carbocycles. The van der Waals surface area contributed by atoms with Crippen molar-refractivity contribution in [2.24, 2.45) is 0 Å². The summed E-state index contributed by atoms with van der Waals surface area (Å²) in [6.45, 7) is 0. The molecule has 0 N–H and O–H groups in total. The Hall–Kier alpha value is -3.14. The van der Waals surface area contributed by atoms with Crippen LogP contribution < -0.4 is 4.74 Å². The van der Waals surface area contributed by atoms with Crippen LogP contribution in [0.15, 0.2) is 71.1 Å². The molecule has 0 aliphatic heterocycles. The summed E-state index contributed by atoms with van der Waals surface area (Å²) >= 11 is 0. The molecule has 0 saturated heterocycles. The fourth-order valence-electron chi connectivity index (χ4n) is 2.51. The second kappa shape index (κ2) is 5.57. The molecular weight excluding hydrogens is 288 g/mol. The van der Waals surface area contributed by atoms with Gasteiger partial charge in [-0.1, -0.05) is 30.3 Å². The highest BCUT2D eigenvalue weighted by molar-refractivity contribution is 5.86. The van der Waals surface area contributed by atoms with Crippen LogP contribution in [0.4, 0.5) is 0 Å². The lowest BCUT2D eigenvalue weighted by Crippen LogP contribution is -1.82. The maximum atomic E-state index is 5.82. The second-order valence-electron chi connectivity index (χ2n) is 5.20. The van der Waals surface area contributed by atoms with Crippen molar-refractivity contribution in [2.45, 2.75) is 0 Å². The van der Waals surface area contributed by atoms with E-state index in [-0.39, 0.29) is 0 Å². The van der Waals surface area contributed by atoms with Gasteiger partial charge in [0.2, 0.25) is 11.8 Å². The number of fused-ring (bicyclic) bond motifs is 1. The molecule has 112 valence electrons. The fourth-order valence-corrected chi connectivity index (χ4v) is 2.51. The number of rotatable bonds is 3. The highest BCUT2D eigenvalue weighted by atomic mass is 16.5. The van der Waals surface area contributed by atoms with Crippen molar-refractivity contribution in [3.05, 3.63) is 66.7 Å².